The quantitative estimate of drug-likeness (QED) is 0.855. The lowest BCUT2D eigenvalue weighted by Crippen LogP contribution is -2.35. The monoisotopic (exact) mass is 332 g/mol. The Morgan fingerprint density at radius 1 is 1.52 bits per heavy atom. The molecule has 1 aliphatic rings. The van der Waals surface area contributed by atoms with Crippen LogP contribution in [0.1, 0.15) is 18.4 Å². The van der Waals surface area contributed by atoms with Crippen molar-refractivity contribution in [3.05, 3.63) is 34.6 Å². The molecule has 21 heavy (non-hydrogen) atoms. The first-order chi connectivity index (χ1) is 9.78. The third kappa shape index (κ3) is 4.25. The number of nitrogens with zero attached hydrogens (tertiary/aromatic N) is 2. The summed E-state index contributed by atoms with van der Waals surface area (Å²) in [6.45, 7) is 0.928. The maximum atomic E-state index is 13.8. The normalized spacial score (nSPS) is 19.7. The highest BCUT2D eigenvalue weighted by molar-refractivity contribution is 7.92. The van der Waals surface area contributed by atoms with Gasteiger partial charge in [-0.05, 0) is 31.5 Å². The molecule has 116 valence electrons. The molecule has 1 aliphatic heterocycles. The van der Waals surface area contributed by atoms with Gasteiger partial charge in [0.15, 0.2) is 0 Å². The van der Waals surface area contributed by atoms with Gasteiger partial charge in [-0.15, -0.1) is 0 Å². The lowest BCUT2D eigenvalue weighted by molar-refractivity contribution is -0.122. The Morgan fingerprint density at radius 3 is 2.86 bits per heavy atom. The Balaban J connectivity index is 2.20. The van der Waals surface area contributed by atoms with Gasteiger partial charge >= 0.3 is 0 Å². The lowest BCUT2D eigenvalue weighted by atomic mass is 10.1. The largest absolute Gasteiger partial charge is 0.287 e. The highest BCUT2D eigenvalue weighted by Gasteiger charge is 2.31. The fourth-order valence-corrected chi connectivity index (χ4v) is 3.24. The van der Waals surface area contributed by atoms with Crippen LogP contribution in [0.2, 0.25) is 5.02 Å². The molecule has 1 fully saturated rings. The van der Waals surface area contributed by atoms with Crippen molar-refractivity contribution in [3.8, 4) is 0 Å². The number of hydrogen-bond donors (Lipinski definition) is 0. The third-order valence-corrected chi connectivity index (χ3v) is 4.36. The predicted octanol–water partition coefficient (Wildman–Crippen LogP) is 2.70. The molecule has 7 heteroatoms. The van der Waals surface area contributed by atoms with E-state index in [9.17, 15) is 13.4 Å². The van der Waals surface area contributed by atoms with Crippen molar-refractivity contribution in [3.63, 3.8) is 0 Å². The number of hydrogen-bond acceptors (Lipinski definition) is 3. The minimum atomic E-state index is -2.47. The fourth-order valence-electron chi connectivity index (χ4n) is 2.46. The second kappa shape index (κ2) is 6.42. The molecule has 0 aliphatic carbocycles. The molecule has 0 unspecified atom stereocenters. The third-order valence-electron chi connectivity index (χ3n) is 3.38. The van der Waals surface area contributed by atoms with Crippen molar-refractivity contribution >= 4 is 27.2 Å². The van der Waals surface area contributed by atoms with Gasteiger partial charge in [0.05, 0.1) is 6.04 Å². The second-order valence-electron chi connectivity index (χ2n) is 5.44. The molecule has 4 nitrogen and oxygen atoms in total. The van der Waals surface area contributed by atoms with E-state index in [1.54, 1.807) is 12.1 Å². The number of benzene rings is 1. The topological polar surface area (TPSA) is 49.7 Å². The highest BCUT2D eigenvalue weighted by atomic mass is 35.5. The lowest BCUT2D eigenvalue weighted by Gasteiger charge is -2.22. The molecule has 0 N–H and O–H groups in total. The van der Waals surface area contributed by atoms with Gasteiger partial charge in [-0.25, -0.2) is 8.60 Å². The summed E-state index contributed by atoms with van der Waals surface area (Å²) in [4.78, 5) is 14.0. The zero-order valence-electron chi connectivity index (χ0n) is 12.0. The van der Waals surface area contributed by atoms with Crippen LogP contribution in [-0.4, -0.2) is 40.1 Å². The first kappa shape index (κ1) is 16.4. The van der Waals surface area contributed by atoms with Gasteiger partial charge in [-0.3, -0.25) is 9.69 Å². The summed E-state index contributed by atoms with van der Waals surface area (Å²) in [6.07, 6.45) is 4.33. The van der Waals surface area contributed by atoms with Gasteiger partial charge in [0.2, 0.25) is 0 Å². The van der Waals surface area contributed by atoms with E-state index in [0.717, 1.165) is 6.42 Å². The molecule has 0 aromatic heterocycles. The molecule has 1 saturated heterocycles. The Labute approximate surface area is 129 Å². The van der Waals surface area contributed by atoms with Crippen LogP contribution in [0.25, 0.3) is 0 Å². The zero-order valence-corrected chi connectivity index (χ0v) is 13.6. The van der Waals surface area contributed by atoms with Gasteiger partial charge in [0.25, 0.3) is 5.91 Å². The summed E-state index contributed by atoms with van der Waals surface area (Å²) < 4.78 is 29.2. The number of rotatable bonds is 3. The van der Waals surface area contributed by atoms with Gasteiger partial charge in [0, 0.05) is 39.4 Å². The van der Waals surface area contributed by atoms with Crippen LogP contribution in [0.5, 0.6) is 0 Å². The average molecular weight is 333 g/mol. The standard InChI is InChI=1S/C14H18ClFN2O2S/c1-21(2,20)17-14(19)13-7-4-8-18(13)9-10-11(15)5-3-6-12(10)16/h3,5-6,13H,4,7-9H2,1-2H3/t13-/m0/s1. The minimum Gasteiger partial charge on any atom is -0.287 e. The SMILES string of the molecule is CS(C)(=O)=NC(=O)[C@@H]1CCCN1Cc1c(F)cccc1Cl. The van der Waals surface area contributed by atoms with Gasteiger partial charge in [-0.1, -0.05) is 17.7 Å². The molecule has 2 rings (SSSR count). The Hall–Kier alpha value is -0.980. The predicted molar refractivity (Wildman–Crippen MR) is 82.3 cm³/mol. The minimum absolute atomic E-state index is 0.256. The van der Waals surface area contributed by atoms with Crippen molar-refractivity contribution in [2.45, 2.75) is 25.4 Å². The molecule has 0 spiro atoms. The number of carbonyl (C=O) groups excluding carboxylic acids is 1. The molecular formula is C14H18ClFN2O2S. The smallest absolute Gasteiger partial charge is 0.271 e. The fraction of sp³-hybridized carbons (Fsp3) is 0.500. The maximum Gasteiger partial charge on any atom is 0.271 e. The van der Waals surface area contributed by atoms with E-state index in [-0.39, 0.29) is 12.4 Å². The van der Waals surface area contributed by atoms with Crippen molar-refractivity contribution in [1.29, 1.82) is 0 Å². The number of amides is 1. The molecule has 1 heterocycles. The summed E-state index contributed by atoms with van der Waals surface area (Å²) in [7, 11) is -2.47. The van der Waals surface area contributed by atoms with Crippen LogP contribution in [0.15, 0.2) is 22.6 Å². The molecule has 0 radical (unpaired) electrons. The summed E-state index contributed by atoms with van der Waals surface area (Å²) in [5.41, 5.74) is 0.382. The Bertz CT molecular complexity index is 643. The summed E-state index contributed by atoms with van der Waals surface area (Å²) in [5, 5.41) is 0.347. The van der Waals surface area contributed by atoms with Crippen molar-refractivity contribution in [2.24, 2.45) is 4.36 Å². The summed E-state index contributed by atoms with van der Waals surface area (Å²) in [5.74, 6) is -0.776. The van der Waals surface area contributed by atoms with Crippen LogP contribution >= 0.6 is 11.6 Å². The highest BCUT2D eigenvalue weighted by Crippen LogP contribution is 2.26. The first-order valence-corrected chi connectivity index (χ1v) is 9.37. The molecule has 1 atom stereocenters. The van der Waals surface area contributed by atoms with E-state index in [0.29, 0.717) is 23.6 Å². The van der Waals surface area contributed by atoms with Crippen molar-refractivity contribution in [1.82, 2.24) is 4.90 Å². The van der Waals surface area contributed by atoms with Crippen molar-refractivity contribution < 1.29 is 13.4 Å². The Morgan fingerprint density at radius 2 is 2.24 bits per heavy atom. The van der Waals surface area contributed by atoms with Crippen LogP contribution in [-0.2, 0) is 21.1 Å². The molecule has 0 saturated carbocycles. The average Bonchev–Trinajstić information content (AvgIpc) is 2.80. The molecule has 0 bridgehead atoms. The molecule has 1 aromatic rings. The van der Waals surface area contributed by atoms with Gasteiger partial charge < -0.3 is 0 Å². The van der Waals surface area contributed by atoms with E-state index in [1.807, 2.05) is 4.90 Å². The second-order valence-corrected chi connectivity index (χ2v) is 8.39. The van der Waals surface area contributed by atoms with Crippen LogP contribution in [0.4, 0.5) is 4.39 Å². The van der Waals surface area contributed by atoms with E-state index in [4.69, 9.17) is 11.6 Å². The van der Waals surface area contributed by atoms with E-state index in [2.05, 4.69) is 4.36 Å². The van der Waals surface area contributed by atoms with Crippen molar-refractivity contribution in [2.75, 3.05) is 19.1 Å². The van der Waals surface area contributed by atoms with Crippen LogP contribution < -0.4 is 0 Å². The van der Waals surface area contributed by atoms with Crippen LogP contribution in [0, 0.1) is 5.82 Å². The van der Waals surface area contributed by atoms with Gasteiger partial charge in [0.1, 0.15) is 5.82 Å². The van der Waals surface area contributed by atoms with Crippen LogP contribution in [0.3, 0.4) is 0 Å². The van der Waals surface area contributed by atoms with Gasteiger partial charge in [-0.2, -0.15) is 4.36 Å². The number of likely N-dealkylation sites (tertiary alicyclic amines) is 1. The van der Waals surface area contributed by atoms with E-state index < -0.39 is 21.7 Å². The maximum absolute atomic E-state index is 13.8. The summed E-state index contributed by atoms with van der Waals surface area (Å²) >= 11 is 6.02. The zero-order chi connectivity index (χ0) is 15.6. The number of halogens is 2. The Kier molecular flexibility index (Phi) is 5.01. The molecule has 1 aromatic carbocycles. The first-order valence-electron chi connectivity index (χ1n) is 6.66. The summed E-state index contributed by atoms with van der Waals surface area (Å²) in [6, 6.07) is 4.08. The van der Waals surface area contributed by atoms with E-state index >= 15 is 0 Å². The molecular weight excluding hydrogens is 315 g/mol. The molecule has 1 amide bonds. The van der Waals surface area contributed by atoms with E-state index in [1.165, 1.54) is 18.6 Å². The number of carbonyl (C=O) groups is 1.